The van der Waals surface area contributed by atoms with Crippen LogP contribution < -0.4 is 10.1 Å². The molecule has 1 saturated heterocycles. The van der Waals surface area contributed by atoms with Crippen LogP contribution in [0.15, 0.2) is 60.7 Å². The predicted octanol–water partition coefficient (Wildman–Crippen LogP) is 4.91. The molecule has 6 heteroatoms. The first-order valence-corrected chi connectivity index (χ1v) is 12.0. The third-order valence-electron chi connectivity index (χ3n) is 6.05. The fourth-order valence-corrected chi connectivity index (χ4v) is 5.26. The summed E-state index contributed by atoms with van der Waals surface area (Å²) in [6, 6.07) is 19.9. The molecular weight excluding hydrogens is 418 g/mol. The standard InChI is InChI=1S/C26H31N3O2S/c1-4-20-18-22(26(32-20)27-25(30)19-10-6-5-7-11-19)24(29-16-14-28(2)15-17-29)21-12-8-9-13-23(21)31-3/h5-13,18,24H,4,14-17H2,1-3H3,(H,27,30). The number of hydrogen-bond donors (Lipinski definition) is 1. The number of benzene rings is 2. The maximum Gasteiger partial charge on any atom is 0.256 e. The fourth-order valence-electron chi connectivity index (χ4n) is 4.23. The van der Waals surface area contributed by atoms with Crippen LogP contribution in [0.3, 0.4) is 0 Å². The minimum Gasteiger partial charge on any atom is -0.496 e. The second-order valence-corrected chi connectivity index (χ2v) is 9.29. The first-order valence-electron chi connectivity index (χ1n) is 11.1. The molecule has 1 aromatic heterocycles. The number of ether oxygens (including phenoxy) is 1. The Labute approximate surface area is 194 Å². The SMILES string of the molecule is CCc1cc(C(c2ccccc2OC)N2CCN(C)CC2)c(NC(=O)c2ccccc2)s1. The Hall–Kier alpha value is -2.67. The summed E-state index contributed by atoms with van der Waals surface area (Å²) in [4.78, 5) is 19.1. The average Bonchev–Trinajstić information content (AvgIpc) is 3.23. The van der Waals surface area contributed by atoms with E-state index in [2.05, 4.69) is 47.3 Å². The number of nitrogens with zero attached hydrogens (tertiary/aromatic N) is 2. The summed E-state index contributed by atoms with van der Waals surface area (Å²) in [6.07, 6.45) is 0.931. The third kappa shape index (κ3) is 4.88. The molecule has 1 amide bonds. The van der Waals surface area contributed by atoms with Gasteiger partial charge in [0.25, 0.3) is 5.91 Å². The molecule has 2 aromatic carbocycles. The van der Waals surface area contributed by atoms with Crippen LogP contribution in [-0.2, 0) is 6.42 Å². The summed E-state index contributed by atoms with van der Waals surface area (Å²) in [5.41, 5.74) is 2.94. The lowest BCUT2D eigenvalue weighted by Gasteiger charge is -2.38. The highest BCUT2D eigenvalue weighted by Crippen LogP contribution is 2.42. The number of amides is 1. The van der Waals surface area contributed by atoms with Gasteiger partial charge in [0.1, 0.15) is 10.8 Å². The maximum absolute atomic E-state index is 13.0. The molecule has 168 valence electrons. The summed E-state index contributed by atoms with van der Waals surface area (Å²) >= 11 is 1.67. The number of anilines is 1. The molecule has 1 atom stereocenters. The van der Waals surface area contributed by atoms with Gasteiger partial charge in [-0.2, -0.15) is 0 Å². The smallest absolute Gasteiger partial charge is 0.256 e. The lowest BCUT2D eigenvalue weighted by molar-refractivity contribution is 0.102. The van der Waals surface area contributed by atoms with Gasteiger partial charge >= 0.3 is 0 Å². The topological polar surface area (TPSA) is 44.8 Å². The highest BCUT2D eigenvalue weighted by Gasteiger charge is 2.31. The highest BCUT2D eigenvalue weighted by atomic mass is 32.1. The monoisotopic (exact) mass is 449 g/mol. The van der Waals surface area contributed by atoms with Crippen molar-refractivity contribution >= 4 is 22.2 Å². The number of para-hydroxylation sites is 1. The van der Waals surface area contributed by atoms with Crippen molar-refractivity contribution in [3.8, 4) is 5.75 Å². The van der Waals surface area contributed by atoms with Crippen LogP contribution in [0.5, 0.6) is 5.75 Å². The summed E-state index contributed by atoms with van der Waals surface area (Å²) in [5.74, 6) is 0.800. The number of aryl methyl sites for hydroxylation is 1. The van der Waals surface area contributed by atoms with Crippen LogP contribution in [0.25, 0.3) is 0 Å². The molecule has 3 aromatic rings. The molecule has 0 bridgehead atoms. The van der Waals surface area contributed by atoms with E-state index in [0.29, 0.717) is 5.56 Å². The zero-order valence-electron chi connectivity index (χ0n) is 19.0. The number of rotatable bonds is 7. The lowest BCUT2D eigenvalue weighted by Crippen LogP contribution is -2.46. The number of piperazine rings is 1. The molecule has 32 heavy (non-hydrogen) atoms. The van der Waals surface area contributed by atoms with Crippen molar-refractivity contribution in [1.29, 1.82) is 0 Å². The number of hydrogen-bond acceptors (Lipinski definition) is 5. The molecule has 2 heterocycles. The van der Waals surface area contributed by atoms with Crippen molar-refractivity contribution in [1.82, 2.24) is 9.80 Å². The molecule has 0 aliphatic carbocycles. The normalized spacial score (nSPS) is 16.0. The fraction of sp³-hybridized carbons (Fsp3) is 0.346. The molecule has 1 aliphatic heterocycles. The van der Waals surface area contributed by atoms with E-state index in [4.69, 9.17) is 4.74 Å². The van der Waals surface area contributed by atoms with Crippen LogP contribution in [0.4, 0.5) is 5.00 Å². The van der Waals surface area contributed by atoms with E-state index in [1.165, 1.54) is 4.88 Å². The maximum atomic E-state index is 13.0. The molecule has 1 unspecified atom stereocenters. The Morgan fingerprint density at radius 3 is 2.41 bits per heavy atom. The van der Waals surface area contributed by atoms with E-state index < -0.39 is 0 Å². The van der Waals surface area contributed by atoms with Gasteiger partial charge in [-0.05, 0) is 37.7 Å². The van der Waals surface area contributed by atoms with Gasteiger partial charge in [0.15, 0.2) is 0 Å². The minimum absolute atomic E-state index is 0.0162. The second-order valence-electron chi connectivity index (χ2n) is 8.15. The van der Waals surface area contributed by atoms with E-state index in [1.807, 2.05) is 42.5 Å². The minimum atomic E-state index is -0.0755. The van der Waals surface area contributed by atoms with Crippen LogP contribution in [0.2, 0.25) is 0 Å². The van der Waals surface area contributed by atoms with Crippen LogP contribution >= 0.6 is 11.3 Å². The Morgan fingerprint density at radius 1 is 1.03 bits per heavy atom. The third-order valence-corrected chi connectivity index (χ3v) is 7.27. The molecule has 4 rings (SSSR count). The Morgan fingerprint density at radius 2 is 1.72 bits per heavy atom. The number of carbonyl (C=O) groups is 1. The van der Waals surface area contributed by atoms with Gasteiger partial charge in [-0.1, -0.05) is 43.3 Å². The molecular formula is C26H31N3O2S. The first kappa shape index (κ1) is 22.5. The molecule has 1 fully saturated rings. The van der Waals surface area contributed by atoms with Crippen LogP contribution in [-0.4, -0.2) is 56.0 Å². The zero-order valence-corrected chi connectivity index (χ0v) is 19.8. The highest BCUT2D eigenvalue weighted by molar-refractivity contribution is 7.16. The van der Waals surface area contributed by atoms with Gasteiger partial charge < -0.3 is 15.0 Å². The summed E-state index contributed by atoms with van der Waals surface area (Å²) < 4.78 is 5.76. The number of nitrogens with one attached hydrogen (secondary N) is 1. The average molecular weight is 450 g/mol. The molecule has 1 aliphatic rings. The second kappa shape index (κ2) is 10.3. The largest absolute Gasteiger partial charge is 0.496 e. The molecule has 1 N–H and O–H groups in total. The zero-order chi connectivity index (χ0) is 22.5. The molecule has 0 saturated carbocycles. The lowest BCUT2D eigenvalue weighted by atomic mass is 9.96. The van der Waals surface area contributed by atoms with Crippen molar-refractivity contribution in [2.75, 3.05) is 45.7 Å². The molecule has 0 radical (unpaired) electrons. The van der Waals surface area contributed by atoms with E-state index in [-0.39, 0.29) is 11.9 Å². The summed E-state index contributed by atoms with van der Waals surface area (Å²) in [5, 5.41) is 4.14. The van der Waals surface area contributed by atoms with Crippen molar-refractivity contribution in [2.24, 2.45) is 0 Å². The van der Waals surface area contributed by atoms with Crippen molar-refractivity contribution in [3.05, 3.63) is 82.2 Å². The Balaban J connectivity index is 1.76. The van der Waals surface area contributed by atoms with Crippen LogP contribution in [0.1, 0.15) is 39.3 Å². The Kier molecular flexibility index (Phi) is 7.25. The summed E-state index contributed by atoms with van der Waals surface area (Å²) in [6.45, 7) is 6.11. The first-order chi connectivity index (χ1) is 15.6. The van der Waals surface area contributed by atoms with Crippen molar-refractivity contribution in [2.45, 2.75) is 19.4 Å². The molecule has 5 nitrogen and oxygen atoms in total. The summed E-state index contributed by atoms with van der Waals surface area (Å²) in [7, 11) is 3.89. The van der Waals surface area contributed by atoms with E-state index in [1.54, 1.807) is 18.4 Å². The van der Waals surface area contributed by atoms with Gasteiger partial charge in [0.2, 0.25) is 0 Å². The Bertz CT molecular complexity index is 1040. The number of thiophene rings is 1. The quantitative estimate of drug-likeness (QED) is 0.557. The van der Waals surface area contributed by atoms with Gasteiger partial charge in [-0.3, -0.25) is 9.69 Å². The van der Waals surface area contributed by atoms with E-state index in [9.17, 15) is 4.79 Å². The van der Waals surface area contributed by atoms with E-state index in [0.717, 1.165) is 54.5 Å². The van der Waals surface area contributed by atoms with Crippen LogP contribution in [0, 0.1) is 0 Å². The van der Waals surface area contributed by atoms with Crippen molar-refractivity contribution in [3.63, 3.8) is 0 Å². The van der Waals surface area contributed by atoms with Gasteiger partial charge in [0.05, 0.1) is 13.2 Å². The van der Waals surface area contributed by atoms with Gasteiger partial charge in [-0.15, -0.1) is 11.3 Å². The van der Waals surface area contributed by atoms with Gasteiger partial charge in [0, 0.05) is 47.7 Å². The van der Waals surface area contributed by atoms with Crippen molar-refractivity contribution < 1.29 is 9.53 Å². The number of methoxy groups -OCH3 is 1. The number of carbonyl (C=O) groups excluding carboxylic acids is 1. The number of likely N-dealkylation sites (N-methyl/N-ethyl adjacent to an activating group) is 1. The van der Waals surface area contributed by atoms with E-state index >= 15 is 0 Å². The molecule has 0 spiro atoms. The predicted molar refractivity (Wildman–Crippen MR) is 132 cm³/mol. The van der Waals surface area contributed by atoms with Gasteiger partial charge in [-0.25, -0.2) is 0 Å².